The Balaban J connectivity index is 0.495. The van der Waals surface area contributed by atoms with Gasteiger partial charge in [-0.1, -0.05) is 134 Å². The standard InChI is InChI=1S/C104H125N13O25/c1-4-82-83-60-80(118)34-37-87(83)111-96-84(82)66-116-90(96)61-86-85(100(116)127)68-140-101(128)103(86,5-2)142-95(123)63-107-102(129)141-67-73-26-32-78(33-27-73)109-98(125)88(23-15-16-40-108-104(75-19-11-7-12-20-75,76-21-13-8-14-22-76)77-30-35-81(130-3)36-31-77)112-99(126)89(59-71-17-9-6-10-18-71)110-92(120)70-139-69-91(119)105-41-43-131-45-47-133-49-51-135-53-55-137-57-58-138-56-54-136-52-50-134-48-46-132-44-42-115-65-79(113-114-115)62-106-97(124)74-28-24-72(25-29-74)64-117-93(121)38-39-94(117)122/h6-14,17-22,26-27,30-39,60-61,65,72,74,88-89,108,118H,4-5,15-16,23-25,28-29,40-59,62-64,66-70H2,1-3H3,(H,105,119)(H,106,124)(H,107,129)(H,109,125)(H,110,120)(H,112,126)/t72?,74?,88-,89-,103-/m0/s1. The van der Waals surface area contributed by atoms with E-state index >= 15 is 0 Å². The number of carbonyl (C=O) groups is 10. The summed E-state index contributed by atoms with van der Waals surface area (Å²) < 4.78 is 76.0. The number of anilines is 1. The van der Waals surface area contributed by atoms with Gasteiger partial charge in [0.15, 0.2) is 0 Å². The summed E-state index contributed by atoms with van der Waals surface area (Å²) in [5, 5.41) is 39.9. The summed E-state index contributed by atoms with van der Waals surface area (Å²) in [7, 11) is 1.62. The number of carbonyl (C=O) groups excluding carboxylic acids is 10. The molecule has 3 aromatic heterocycles. The van der Waals surface area contributed by atoms with E-state index in [9.17, 15) is 57.8 Å². The number of cyclic esters (lactones) is 1. The third kappa shape index (κ3) is 29.8. The Morgan fingerprint density at radius 1 is 0.592 bits per heavy atom. The number of esters is 2. The van der Waals surface area contributed by atoms with Crippen LogP contribution in [0.3, 0.4) is 0 Å². The molecule has 6 aromatic carbocycles. The average molecular weight is 1960 g/mol. The first kappa shape index (κ1) is 106. The fourth-order valence-electron chi connectivity index (χ4n) is 17.5. The van der Waals surface area contributed by atoms with Crippen molar-refractivity contribution < 1.29 is 115 Å². The van der Waals surface area contributed by atoms with Crippen molar-refractivity contribution in [3.63, 3.8) is 0 Å². The molecule has 8 N–H and O–H groups in total. The summed E-state index contributed by atoms with van der Waals surface area (Å²) in [5.41, 5.74) is 5.23. The number of fused-ring (bicyclic) bond motifs is 5. The average Bonchev–Trinajstić information content (AvgIpc) is 1.53. The van der Waals surface area contributed by atoms with Gasteiger partial charge in [0.25, 0.3) is 17.4 Å². The largest absolute Gasteiger partial charge is 0.508 e. The van der Waals surface area contributed by atoms with Gasteiger partial charge in [0.1, 0.15) is 62.2 Å². The minimum atomic E-state index is -2.05. The Labute approximate surface area is 822 Å². The number of ether oxygens (including phenoxy) is 13. The van der Waals surface area contributed by atoms with E-state index in [0.29, 0.717) is 189 Å². The predicted molar refractivity (Wildman–Crippen MR) is 518 cm³/mol. The van der Waals surface area contributed by atoms with Crippen molar-refractivity contribution in [2.45, 2.75) is 134 Å². The topological polar surface area (TPSA) is 464 Å². The molecule has 0 spiro atoms. The molecule has 4 aliphatic rings. The molecule has 0 bridgehead atoms. The number of nitrogens with one attached hydrogen (secondary N) is 7. The number of phenols is 1. The number of imide groups is 1. The van der Waals surface area contributed by atoms with E-state index in [-0.39, 0.29) is 112 Å². The number of amides is 8. The van der Waals surface area contributed by atoms with Crippen LogP contribution in [0, 0.1) is 11.8 Å². The van der Waals surface area contributed by atoms with E-state index in [2.05, 4.69) is 71.8 Å². The lowest BCUT2D eigenvalue weighted by atomic mass is 9.77. The lowest BCUT2D eigenvalue weighted by Gasteiger charge is -2.37. The van der Waals surface area contributed by atoms with Gasteiger partial charge in [-0.2, -0.15) is 0 Å². The second kappa shape index (κ2) is 54.5. The number of unbranched alkanes of at least 4 members (excludes halogenated alkanes) is 1. The van der Waals surface area contributed by atoms with Crippen molar-refractivity contribution >= 4 is 76.0 Å². The van der Waals surface area contributed by atoms with Crippen molar-refractivity contribution in [1.82, 2.24) is 61.3 Å². The van der Waals surface area contributed by atoms with Crippen LogP contribution in [0.1, 0.15) is 121 Å². The normalized spacial score (nSPS) is 15.7. The fraction of sp³-hybridized carbons (Fsp3) is 0.442. The summed E-state index contributed by atoms with van der Waals surface area (Å²) in [4.78, 5) is 154. The van der Waals surface area contributed by atoms with E-state index in [1.165, 1.54) is 23.1 Å². The van der Waals surface area contributed by atoms with Crippen molar-refractivity contribution in [2.24, 2.45) is 11.8 Å². The number of hydrogen-bond donors (Lipinski definition) is 8. The number of alkyl carbamates (subject to hydrolysis) is 1. The summed E-state index contributed by atoms with van der Waals surface area (Å²) in [6.45, 7) is 8.85. The highest BCUT2D eigenvalue weighted by molar-refractivity contribution is 6.13. The van der Waals surface area contributed by atoms with Crippen molar-refractivity contribution in [2.75, 3.05) is 158 Å². The number of aryl methyl sites for hydroxylation is 1. The summed E-state index contributed by atoms with van der Waals surface area (Å²) in [6, 6.07) is 47.5. The molecule has 3 atom stereocenters. The van der Waals surface area contributed by atoms with Crippen LogP contribution in [0.25, 0.3) is 22.3 Å². The lowest BCUT2D eigenvalue weighted by Crippen LogP contribution is -2.54. The highest BCUT2D eigenvalue weighted by atomic mass is 16.6. The maximum absolute atomic E-state index is 14.8. The summed E-state index contributed by atoms with van der Waals surface area (Å²) >= 11 is 0. The van der Waals surface area contributed by atoms with Crippen molar-refractivity contribution in [1.29, 1.82) is 0 Å². The van der Waals surface area contributed by atoms with Crippen LogP contribution in [-0.4, -0.2) is 258 Å². The number of nitrogens with zero attached hydrogens (tertiary/aromatic N) is 6. The first-order valence-corrected chi connectivity index (χ1v) is 48.1. The Hall–Kier alpha value is -13.5. The number of rotatable bonds is 60. The monoisotopic (exact) mass is 1960 g/mol. The predicted octanol–water partition coefficient (Wildman–Crippen LogP) is 7.64. The molecule has 1 fully saturated rings. The molecule has 142 heavy (non-hydrogen) atoms. The van der Waals surface area contributed by atoms with Crippen molar-refractivity contribution in [3.05, 3.63) is 248 Å². The van der Waals surface area contributed by atoms with E-state index in [4.69, 9.17) is 66.6 Å². The molecule has 756 valence electrons. The highest BCUT2D eigenvalue weighted by Crippen LogP contribution is 2.44. The number of benzene rings is 6. The number of phenolic OH excluding ortho intramolecular Hbond substituents is 1. The van der Waals surface area contributed by atoms with Gasteiger partial charge < -0.3 is 103 Å². The Bertz CT molecular complexity index is 5730. The molecule has 6 heterocycles. The number of hydrogen-bond acceptors (Lipinski definition) is 29. The van der Waals surface area contributed by atoms with Gasteiger partial charge >= 0.3 is 18.0 Å². The molecule has 8 amide bonds. The molecule has 38 nitrogen and oxygen atoms in total. The molecule has 0 saturated heterocycles. The Morgan fingerprint density at radius 2 is 1.19 bits per heavy atom. The fourth-order valence-corrected chi connectivity index (χ4v) is 17.5. The maximum atomic E-state index is 14.8. The van der Waals surface area contributed by atoms with Crippen LogP contribution in [0.4, 0.5) is 10.5 Å². The van der Waals surface area contributed by atoms with Gasteiger partial charge in [-0.3, -0.25) is 53.4 Å². The van der Waals surface area contributed by atoms with Gasteiger partial charge in [-0.05, 0) is 152 Å². The van der Waals surface area contributed by atoms with E-state index in [1.807, 2.05) is 73.7 Å². The molecular weight excluding hydrogens is 1830 g/mol. The first-order valence-electron chi connectivity index (χ1n) is 48.1. The first-order chi connectivity index (χ1) is 69.2. The molecule has 0 unspecified atom stereocenters. The Kier molecular flexibility index (Phi) is 40.6. The van der Waals surface area contributed by atoms with Gasteiger partial charge in [0.05, 0.1) is 167 Å². The maximum Gasteiger partial charge on any atom is 0.407 e. The third-order valence-corrected chi connectivity index (χ3v) is 24.9. The molecule has 0 radical (unpaired) electrons. The van der Waals surface area contributed by atoms with E-state index < -0.39 is 90.2 Å². The molecular formula is C104H125N13O25. The zero-order chi connectivity index (χ0) is 99.8. The van der Waals surface area contributed by atoms with Crippen LogP contribution < -0.4 is 47.5 Å². The summed E-state index contributed by atoms with van der Waals surface area (Å²) in [5.74, 6) is -4.11. The number of methoxy groups -OCH3 is 1. The summed E-state index contributed by atoms with van der Waals surface area (Å²) in [6.07, 6.45) is 7.87. The van der Waals surface area contributed by atoms with Crippen molar-refractivity contribution in [3.8, 4) is 22.9 Å². The van der Waals surface area contributed by atoms with Gasteiger partial charge in [-0.25, -0.2) is 19.3 Å². The zero-order valence-corrected chi connectivity index (χ0v) is 80.2. The minimum absolute atomic E-state index is 0.0203. The highest BCUT2D eigenvalue weighted by Gasteiger charge is 2.51. The second-order valence-corrected chi connectivity index (χ2v) is 34.4. The van der Waals surface area contributed by atoms with Crippen LogP contribution in [0.15, 0.2) is 187 Å². The third-order valence-electron chi connectivity index (χ3n) is 24.9. The second-order valence-electron chi connectivity index (χ2n) is 34.4. The number of pyridine rings is 2. The molecule has 13 rings (SSSR count). The molecule has 1 saturated carbocycles. The number of aromatic nitrogens is 5. The van der Waals surface area contributed by atoms with E-state index in [0.717, 1.165) is 46.0 Å². The zero-order valence-electron chi connectivity index (χ0n) is 80.2. The van der Waals surface area contributed by atoms with Crippen LogP contribution in [0.5, 0.6) is 11.5 Å². The smallest absolute Gasteiger partial charge is 0.407 e. The minimum Gasteiger partial charge on any atom is -0.508 e. The molecule has 3 aliphatic heterocycles. The van der Waals surface area contributed by atoms with Gasteiger partial charge in [0.2, 0.25) is 35.1 Å². The van der Waals surface area contributed by atoms with Crippen LogP contribution >= 0.6 is 0 Å². The van der Waals surface area contributed by atoms with Crippen LogP contribution in [-0.2, 0) is 157 Å². The lowest BCUT2D eigenvalue weighted by molar-refractivity contribution is -0.188. The molecule has 1 aliphatic carbocycles. The number of aromatic hydroxyl groups is 1. The molecule has 38 heteroatoms. The van der Waals surface area contributed by atoms with Gasteiger partial charge in [-0.15, -0.1) is 5.10 Å². The van der Waals surface area contributed by atoms with Crippen LogP contribution in [0.2, 0.25) is 0 Å². The van der Waals surface area contributed by atoms with Gasteiger partial charge in [0, 0.05) is 59.8 Å². The Morgan fingerprint density at radius 3 is 1.80 bits per heavy atom. The SMILES string of the molecule is CCc1c2c(nc3ccc(O)cc13)-c1cc3c(c(=O)n1C2)COC(=O)[C@@]3(CC)OC(=O)CNC(=O)OCc1ccc(NC(=O)[C@H](CCCCNC(c2ccccc2)(c2ccccc2)c2ccc(OC)cc2)NC(=O)[C@H](Cc2ccccc2)NC(=O)COCC(=O)NCCOCCOCCOCCOCCOCCOCCOCCOCCn2cc(CNC(=O)C3CCC(CN4C(=O)C=CC4=O)CC3)nn2)cc1. The van der Waals surface area contributed by atoms with E-state index in [1.54, 1.807) is 96.2 Å². The quantitative estimate of drug-likeness (QED) is 0.00596. The molecule has 9 aromatic rings.